The Labute approximate surface area is 149 Å². The van der Waals surface area contributed by atoms with E-state index in [2.05, 4.69) is 15.5 Å². The van der Waals surface area contributed by atoms with Crippen molar-refractivity contribution in [3.63, 3.8) is 0 Å². The first kappa shape index (κ1) is 16.5. The highest BCUT2D eigenvalue weighted by molar-refractivity contribution is 5.57. The lowest BCUT2D eigenvalue weighted by Gasteiger charge is -2.15. The molecule has 1 unspecified atom stereocenters. The Balaban J connectivity index is 1.44. The van der Waals surface area contributed by atoms with Gasteiger partial charge in [0.25, 0.3) is 0 Å². The van der Waals surface area contributed by atoms with Crippen molar-refractivity contribution in [2.75, 3.05) is 18.5 Å². The van der Waals surface area contributed by atoms with Crippen LogP contribution in [0.2, 0.25) is 0 Å². The summed E-state index contributed by atoms with van der Waals surface area (Å²) in [5.74, 6) is 0.956. The van der Waals surface area contributed by atoms with Crippen molar-refractivity contribution >= 4 is 5.69 Å². The zero-order valence-electron chi connectivity index (χ0n) is 14.0. The predicted octanol–water partition coefficient (Wildman–Crippen LogP) is 3.66. The van der Waals surface area contributed by atoms with Crippen molar-refractivity contribution < 1.29 is 18.4 Å². The largest absolute Gasteiger partial charge is 0.486 e. The Morgan fingerprint density at radius 1 is 1.15 bits per heavy atom. The first-order valence-electron chi connectivity index (χ1n) is 8.44. The number of benzene rings is 2. The second-order valence-electron chi connectivity index (χ2n) is 5.94. The molecule has 0 aliphatic carbocycles. The van der Waals surface area contributed by atoms with E-state index < -0.39 is 0 Å². The third kappa shape index (κ3) is 3.67. The van der Waals surface area contributed by atoms with Crippen molar-refractivity contribution in [3.8, 4) is 17.1 Å². The van der Waals surface area contributed by atoms with Gasteiger partial charge in [0.15, 0.2) is 0 Å². The van der Waals surface area contributed by atoms with Crippen molar-refractivity contribution in [1.82, 2.24) is 10.1 Å². The molecule has 0 spiro atoms. The number of anilines is 1. The van der Waals surface area contributed by atoms with Crippen LogP contribution < -0.4 is 10.1 Å². The highest BCUT2D eigenvalue weighted by atomic mass is 19.1. The second kappa shape index (κ2) is 7.53. The van der Waals surface area contributed by atoms with Gasteiger partial charge in [-0.25, -0.2) is 4.39 Å². The molecule has 7 heteroatoms. The molecule has 0 radical (unpaired) electrons. The lowest BCUT2D eigenvalue weighted by molar-refractivity contribution is 0.142. The molecule has 0 amide bonds. The second-order valence-corrected chi connectivity index (χ2v) is 5.94. The number of nitrogens with zero attached hydrogens (tertiary/aromatic N) is 2. The van der Waals surface area contributed by atoms with Gasteiger partial charge in [0.05, 0.1) is 31.0 Å². The number of nitrogens with one attached hydrogen (secondary N) is 1. The van der Waals surface area contributed by atoms with Gasteiger partial charge in [0.1, 0.15) is 17.7 Å². The molecule has 1 aromatic heterocycles. The standard InChI is InChI=1S/C19H18FN3O3/c20-15-6-2-1-5-14(15)19-22-18(26-23-19)11-21-16-7-3-4-8-17(16)25-13-9-10-24-12-13/h1-8,13,21H,9-12H2. The summed E-state index contributed by atoms with van der Waals surface area (Å²) < 4.78 is 30.4. The van der Waals surface area contributed by atoms with Gasteiger partial charge in [-0.3, -0.25) is 0 Å². The van der Waals surface area contributed by atoms with Gasteiger partial charge >= 0.3 is 0 Å². The number of aromatic nitrogens is 2. The zero-order valence-corrected chi connectivity index (χ0v) is 14.0. The molecule has 6 nitrogen and oxygen atoms in total. The fraction of sp³-hybridized carbons (Fsp3) is 0.263. The van der Waals surface area contributed by atoms with Crippen molar-refractivity contribution in [1.29, 1.82) is 0 Å². The van der Waals surface area contributed by atoms with Gasteiger partial charge in [-0.15, -0.1) is 0 Å². The van der Waals surface area contributed by atoms with Gasteiger partial charge in [-0.2, -0.15) is 4.98 Å². The summed E-state index contributed by atoms with van der Waals surface area (Å²) in [6.07, 6.45) is 0.943. The van der Waals surface area contributed by atoms with Gasteiger partial charge in [0.2, 0.25) is 11.7 Å². The van der Waals surface area contributed by atoms with Gasteiger partial charge < -0.3 is 19.3 Å². The van der Waals surface area contributed by atoms with E-state index in [9.17, 15) is 4.39 Å². The van der Waals surface area contributed by atoms with Gasteiger partial charge in [0, 0.05) is 6.42 Å². The molecular weight excluding hydrogens is 337 g/mol. The van der Waals surface area contributed by atoms with Crippen LogP contribution in [-0.4, -0.2) is 29.5 Å². The quantitative estimate of drug-likeness (QED) is 0.728. The first-order chi connectivity index (χ1) is 12.8. The van der Waals surface area contributed by atoms with E-state index in [1.807, 2.05) is 24.3 Å². The molecule has 1 fully saturated rings. The molecule has 134 valence electrons. The zero-order chi connectivity index (χ0) is 17.8. The third-order valence-electron chi connectivity index (χ3n) is 4.08. The number of hydrogen-bond acceptors (Lipinski definition) is 6. The molecule has 3 aromatic rings. The van der Waals surface area contributed by atoms with Crippen LogP contribution in [0.4, 0.5) is 10.1 Å². The number of ether oxygens (including phenoxy) is 2. The van der Waals surface area contributed by atoms with Crippen LogP contribution in [0, 0.1) is 5.82 Å². The Kier molecular flexibility index (Phi) is 4.79. The fourth-order valence-corrected chi connectivity index (χ4v) is 2.75. The average Bonchev–Trinajstić information content (AvgIpc) is 3.33. The lowest BCUT2D eigenvalue weighted by atomic mass is 10.2. The topological polar surface area (TPSA) is 69.4 Å². The molecule has 2 aromatic carbocycles. The molecule has 1 aliphatic heterocycles. The minimum absolute atomic E-state index is 0.0639. The Bertz CT molecular complexity index is 878. The monoisotopic (exact) mass is 355 g/mol. The van der Waals surface area contributed by atoms with Gasteiger partial charge in [-0.1, -0.05) is 29.4 Å². The van der Waals surface area contributed by atoms with Crippen LogP contribution in [0.25, 0.3) is 11.4 Å². The summed E-state index contributed by atoms with van der Waals surface area (Å²) in [4.78, 5) is 4.25. The van der Waals surface area contributed by atoms with Crippen LogP contribution in [0.3, 0.4) is 0 Å². The van der Waals surface area contributed by atoms with Crippen molar-refractivity contribution in [2.24, 2.45) is 0 Å². The molecule has 2 heterocycles. The number of para-hydroxylation sites is 2. The molecule has 1 saturated heterocycles. The normalized spacial score (nSPS) is 16.6. The molecule has 0 saturated carbocycles. The summed E-state index contributed by atoms with van der Waals surface area (Å²) >= 11 is 0. The fourth-order valence-electron chi connectivity index (χ4n) is 2.75. The first-order valence-corrected chi connectivity index (χ1v) is 8.44. The van der Waals surface area contributed by atoms with Crippen molar-refractivity contribution in [2.45, 2.75) is 19.1 Å². The summed E-state index contributed by atoms with van der Waals surface area (Å²) in [7, 11) is 0. The highest BCUT2D eigenvalue weighted by Gasteiger charge is 2.19. The molecular formula is C19H18FN3O3. The number of rotatable bonds is 6. The average molecular weight is 355 g/mol. The van der Waals surface area contributed by atoms with E-state index in [1.54, 1.807) is 18.2 Å². The minimum atomic E-state index is -0.384. The predicted molar refractivity (Wildman–Crippen MR) is 93.3 cm³/mol. The molecule has 1 N–H and O–H groups in total. The molecule has 0 bridgehead atoms. The Morgan fingerprint density at radius 3 is 2.85 bits per heavy atom. The van der Waals surface area contributed by atoms with E-state index in [0.717, 1.165) is 24.5 Å². The van der Waals surface area contributed by atoms with Crippen LogP contribution >= 0.6 is 0 Å². The number of hydrogen-bond donors (Lipinski definition) is 1. The molecule has 1 atom stereocenters. The maximum Gasteiger partial charge on any atom is 0.246 e. The van der Waals surface area contributed by atoms with E-state index >= 15 is 0 Å². The maximum absolute atomic E-state index is 13.8. The van der Waals surface area contributed by atoms with Gasteiger partial charge in [-0.05, 0) is 24.3 Å². The Hall–Kier alpha value is -2.93. The van der Waals surface area contributed by atoms with E-state index in [4.69, 9.17) is 14.0 Å². The van der Waals surface area contributed by atoms with Crippen LogP contribution in [0.5, 0.6) is 5.75 Å². The highest BCUT2D eigenvalue weighted by Crippen LogP contribution is 2.27. The molecule has 1 aliphatic rings. The van der Waals surface area contributed by atoms with E-state index in [1.165, 1.54) is 6.07 Å². The molecule has 26 heavy (non-hydrogen) atoms. The van der Waals surface area contributed by atoms with Crippen LogP contribution in [0.1, 0.15) is 12.3 Å². The lowest BCUT2D eigenvalue weighted by Crippen LogP contribution is -2.16. The summed E-state index contributed by atoms with van der Waals surface area (Å²) in [5, 5.41) is 7.08. The summed E-state index contributed by atoms with van der Waals surface area (Å²) in [6.45, 7) is 1.63. The molecule has 4 rings (SSSR count). The minimum Gasteiger partial charge on any atom is -0.486 e. The van der Waals surface area contributed by atoms with E-state index in [-0.39, 0.29) is 17.7 Å². The summed E-state index contributed by atoms with van der Waals surface area (Å²) in [5.41, 5.74) is 1.14. The van der Waals surface area contributed by atoms with Crippen molar-refractivity contribution in [3.05, 3.63) is 60.2 Å². The maximum atomic E-state index is 13.8. The number of halogens is 1. The third-order valence-corrected chi connectivity index (χ3v) is 4.08. The van der Waals surface area contributed by atoms with E-state index in [0.29, 0.717) is 24.6 Å². The SMILES string of the molecule is Fc1ccccc1-c1noc(CNc2ccccc2OC2CCOC2)n1. The summed E-state index contributed by atoms with van der Waals surface area (Å²) in [6, 6.07) is 14.0. The Morgan fingerprint density at radius 2 is 2.00 bits per heavy atom. The van der Waals surface area contributed by atoms with Crippen LogP contribution in [0.15, 0.2) is 53.1 Å². The smallest absolute Gasteiger partial charge is 0.246 e. The van der Waals surface area contributed by atoms with Crippen LogP contribution in [-0.2, 0) is 11.3 Å².